The molecular formula is C25H19NO3. The number of carbonyl (C=O) groups excluding carboxylic acids is 1. The van der Waals surface area contributed by atoms with Crippen molar-refractivity contribution < 1.29 is 9.53 Å². The Morgan fingerprint density at radius 2 is 1.45 bits per heavy atom. The van der Waals surface area contributed by atoms with Crippen molar-refractivity contribution in [1.82, 2.24) is 4.98 Å². The molecule has 0 amide bonds. The highest BCUT2D eigenvalue weighted by atomic mass is 16.5. The van der Waals surface area contributed by atoms with Crippen LogP contribution in [0.15, 0.2) is 95.9 Å². The third-order valence-corrected chi connectivity index (χ3v) is 4.69. The molecule has 4 aromatic rings. The Balaban J connectivity index is 1.73. The molecule has 0 aliphatic heterocycles. The largest absolute Gasteiger partial charge is 0.483 e. The van der Waals surface area contributed by atoms with E-state index >= 15 is 0 Å². The van der Waals surface area contributed by atoms with E-state index in [1.165, 1.54) is 6.20 Å². The monoisotopic (exact) mass is 381 g/mol. The molecule has 0 atom stereocenters. The van der Waals surface area contributed by atoms with Gasteiger partial charge in [-0.3, -0.25) is 9.59 Å². The molecule has 1 heterocycles. The van der Waals surface area contributed by atoms with Gasteiger partial charge in [-0.15, -0.1) is 0 Å². The van der Waals surface area contributed by atoms with Crippen molar-refractivity contribution in [3.63, 3.8) is 0 Å². The Morgan fingerprint density at radius 1 is 0.793 bits per heavy atom. The molecule has 29 heavy (non-hydrogen) atoms. The van der Waals surface area contributed by atoms with Crippen molar-refractivity contribution >= 4 is 6.29 Å². The summed E-state index contributed by atoms with van der Waals surface area (Å²) < 4.78 is 5.74. The lowest BCUT2D eigenvalue weighted by Crippen LogP contribution is -2.14. The number of aromatic nitrogens is 1. The second-order valence-electron chi connectivity index (χ2n) is 6.61. The fourth-order valence-corrected chi connectivity index (χ4v) is 3.23. The minimum atomic E-state index is -0.313. The van der Waals surface area contributed by atoms with Gasteiger partial charge < -0.3 is 9.72 Å². The molecule has 0 saturated carbocycles. The summed E-state index contributed by atoms with van der Waals surface area (Å²) in [5, 5.41) is 0. The van der Waals surface area contributed by atoms with Gasteiger partial charge in [0.1, 0.15) is 6.61 Å². The number of rotatable bonds is 6. The molecule has 3 aromatic carbocycles. The Hall–Kier alpha value is -3.92. The average molecular weight is 381 g/mol. The van der Waals surface area contributed by atoms with Gasteiger partial charge in [0.05, 0.1) is 11.3 Å². The minimum Gasteiger partial charge on any atom is -0.483 e. The summed E-state index contributed by atoms with van der Waals surface area (Å²) in [7, 11) is 0. The summed E-state index contributed by atoms with van der Waals surface area (Å²) in [6.45, 7) is 0.272. The van der Waals surface area contributed by atoms with Gasteiger partial charge in [-0.1, -0.05) is 78.9 Å². The van der Waals surface area contributed by atoms with Crippen LogP contribution in [0, 0.1) is 0 Å². The second-order valence-corrected chi connectivity index (χ2v) is 6.61. The van der Waals surface area contributed by atoms with Crippen LogP contribution >= 0.6 is 0 Å². The number of hydrogen-bond donors (Lipinski definition) is 1. The van der Waals surface area contributed by atoms with Gasteiger partial charge >= 0.3 is 0 Å². The summed E-state index contributed by atoms with van der Waals surface area (Å²) in [4.78, 5) is 27.6. The summed E-state index contributed by atoms with van der Waals surface area (Å²) in [6, 6.07) is 27.1. The van der Waals surface area contributed by atoms with Crippen LogP contribution in [-0.4, -0.2) is 11.3 Å². The highest BCUT2D eigenvalue weighted by Crippen LogP contribution is 2.26. The van der Waals surface area contributed by atoms with Crippen molar-refractivity contribution in [2.75, 3.05) is 0 Å². The predicted octanol–water partition coefficient (Wildman–Crippen LogP) is 5.10. The SMILES string of the molecule is O=Cc1[nH]cc(OCc2ccccc2)c(=O)c1-c1cccc(-c2ccccc2)c1. The number of H-pyrrole nitrogens is 1. The van der Waals surface area contributed by atoms with E-state index in [0.29, 0.717) is 17.4 Å². The fourth-order valence-electron chi connectivity index (χ4n) is 3.23. The molecular weight excluding hydrogens is 362 g/mol. The van der Waals surface area contributed by atoms with Crippen LogP contribution in [0.25, 0.3) is 22.3 Å². The lowest BCUT2D eigenvalue weighted by molar-refractivity contribution is 0.111. The van der Waals surface area contributed by atoms with E-state index in [1.807, 2.05) is 84.9 Å². The first-order valence-electron chi connectivity index (χ1n) is 9.29. The molecule has 1 aromatic heterocycles. The van der Waals surface area contributed by atoms with E-state index in [4.69, 9.17) is 4.74 Å². The highest BCUT2D eigenvalue weighted by molar-refractivity contribution is 5.86. The van der Waals surface area contributed by atoms with Crippen LogP contribution in [0.4, 0.5) is 0 Å². The van der Waals surface area contributed by atoms with Gasteiger partial charge in [0.25, 0.3) is 0 Å². The van der Waals surface area contributed by atoms with Gasteiger partial charge in [-0.05, 0) is 28.3 Å². The molecule has 4 nitrogen and oxygen atoms in total. The predicted molar refractivity (Wildman–Crippen MR) is 114 cm³/mol. The Labute approximate surface area is 168 Å². The third-order valence-electron chi connectivity index (χ3n) is 4.69. The number of nitrogens with one attached hydrogen (secondary N) is 1. The topological polar surface area (TPSA) is 59.2 Å². The zero-order chi connectivity index (χ0) is 20.1. The van der Waals surface area contributed by atoms with E-state index in [0.717, 1.165) is 16.7 Å². The summed E-state index contributed by atoms with van der Waals surface area (Å²) in [5.41, 5.74) is 3.85. The van der Waals surface area contributed by atoms with E-state index < -0.39 is 0 Å². The molecule has 0 spiro atoms. The number of hydrogen-bond acceptors (Lipinski definition) is 3. The van der Waals surface area contributed by atoms with E-state index in [9.17, 15) is 9.59 Å². The van der Waals surface area contributed by atoms with E-state index in [2.05, 4.69) is 4.98 Å². The fraction of sp³-hybridized carbons (Fsp3) is 0.0400. The van der Waals surface area contributed by atoms with Crippen molar-refractivity contribution in [2.45, 2.75) is 6.61 Å². The van der Waals surface area contributed by atoms with Gasteiger partial charge in [-0.25, -0.2) is 0 Å². The minimum absolute atomic E-state index is 0.180. The molecule has 142 valence electrons. The molecule has 0 aliphatic carbocycles. The zero-order valence-corrected chi connectivity index (χ0v) is 15.7. The highest BCUT2D eigenvalue weighted by Gasteiger charge is 2.15. The summed E-state index contributed by atoms with van der Waals surface area (Å²) >= 11 is 0. The number of aldehydes is 1. The van der Waals surface area contributed by atoms with Gasteiger partial charge in [0, 0.05) is 6.20 Å². The first-order chi connectivity index (χ1) is 14.3. The maximum absolute atomic E-state index is 13.1. The maximum atomic E-state index is 13.1. The van der Waals surface area contributed by atoms with Crippen molar-refractivity contribution in [2.24, 2.45) is 0 Å². The number of carbonyl (C=O) groups is 1. The standard InChI is InChI=1S/C25H19NO3/c27-16-22-24(21-13-7-12-20(14-21)19-10-5-2-6-11-19)25(28)23(15-26-22)29-17-18-8-3-1-4-9-18/h1-16H,17H2,(H,26,28). The zero-order valence-electron chi connectivity index (χ0n) is 15.7. The van der Waals surface area contributed by atoms with Crippen LogP contribution in [-0.2, 0) is 6.61 Å². The lowest BCUT2D eigenvalue weighted by Gasteiger charge is -2.11. The Morgan fingerprint density at radius 3 is 2.17 bits per heavy atom. The maximum Gasteiger partial charge on any atom is 0.231 e. The van der Waals surface area contributed by atoms with E-state index in [-0.39, 0.29) is 23.5 Å². The molecule has 0 fully saturated rings. The summed E-state index contributed by atoms with van der Waals surface area (Å²) in [5.74, 6) is 0.180. The van der Waals surface area contributed by atoms with Gasteiger partial charge in [0.2, 0.25) is 5.43 Å². The average Bonchev–Trinajstić information content (AvgIpc) is 2.79. The Bertz CT molecular complexity index is 1180. The summed E-state index contributed by atoms with van der Waals surface area (Å²) in [6.07, 6.45) is 2.10. The first-order valence-corrected chi connectivity index (χ1v) is 9.29. The van der Waals surface area contributed by atoms with Crippen LogP contribution in [0.3, 0.4) is 0 Å². The molecule has 0 saturated heterocycles. The third kappa shape index (κ3) is 4.01. The molecule has 1 N–H and O–H groups in total. The second kappa shape index (κ2) is 8.40. The molecule has 4 heteroatoms. The number of pyridine rings is 1. The van der Waals surface area contributed by atoms with Gasteiger partial charge in [-0.2, -0.15) is 0 Å². The Kier molecular flexibility index (Phi) is 5.34. The number of ether oxygens (including phenoxy) is 1. The molecule has 4 rings (SSSR count). The number of aromatic amines is 1. The van der Waals surface area contributed by atoms with Crippen molar-refractivity contribution in [1.29, 1.82) is 0 Å². The molecule has 0 unspecified atom stereocenters. The lowest BCUT2D eigenvalue weighted by atomic mass is 9.98. The van der Waals surface area contributed by atoms with Crippen LogP contribution in [0.5, 0.6) is 5.75 Å². The van der Waals surface area contributed by atoms with Crippen molar-refractivity contribution in [3.05, 3.63) is 113 Å². The quantitative estimate of drug-likeness (QED) is 0.473. The van der Waals surface area contributed by atoms with Crippen LogP contribution in [0.2, 0.25) is 0 Å². The van der Waals surface area contributed by atoms with Gasteiger partial charge in [0.15, 0.2) is 12.0 Å². The molecule has 0 aliphatic rings. The first kappa shape index (κ1) is 18.4. The molecule has 0 bridgehead atoms. The van der Waals surface area contributed by atoms with Crippen LogP contribution in [0.1, 0.15) is 16.1 Å². The number of benzene rings is 3. The van der Waals surface area contributed by atoms with E-state index in [1.54, 1.807) is 0 Å². The molecule has 0 radical (unpaired) electrons. The van der Waals surface area contributed by atoms with Crippen molar-refractivity contribution in [3.8, 4) is 28.0 Å². The van der Waals surface area contributed by atoms with Crippen LogP contribution < -0.4 is 10.2 Å². The normalized spacial score (nSPS) is 10.5. The smallest absolute Gasteiger partial charge is 0.231 e.